The lowest BCUT2D eigenvalue weighted by atomic mass is 10.2. The number of amides is 1. The van der Waals surface area contributed by atoms with Crippen molar-refractivity contribution in [3.05, 3.63) is 42.1 Å². The molecule has 0 atom stereocenters. The Kier molecular flexibility index (Phi) is 3.92. The van der Waals surface area contributed by atoms with E-state index in [2.05, 4.69) is 20.6 Å². The minimum atomic E-state index is -0.302. The van der Waals surface area contributed by atoms with Gasteiger partial charge in [-0.2, -0.15) is 5.10 Å². The molecule has 3 rings (SSSR count). The van der Waals surface area contributed by atoms with E-state index in [4.69, 9.17) is 4.42 Å². The highest BCUT2D eigenvalue weighted by Crippen LogP contribution is 2.19. The van der Waals surface area contributed by atoms with Crippen molar-refractivity contribution in [3.63, 3.8) is 0 Å². The van der Waals surface area contributed by atoms with E-state index in [1.807, 2.05) is 18.4 Å². The van der Waals surface area contributed by atoms with Gasteiger partial charge in [-0.3, -0.25) is 14.8 Å². The smallest absolute Gasteiger partial charge is 0.322 e. The summed E-state index contributed by atoms with van der Waals surface area (Å²) < 4.78 is 7.02. The molecule has 112 valence electrons. The lowest BCUT2D eigenvalue weighted by Gasteiger charge is -2.01. The van der Waals surface area contributed by atoms with Crippen LogP contribution < -0.4 is 5.32 Å². The van der Waals surface area contributed by atoms with Crippen LogP contribution in [0.5, 0.6) is 0 Å². The maximum absolute atomic E-state index is 12.1. The fraction of sp³-hybridized carbons (Fsp3) is 0.143. The number of thioether (sulfide) groups is 1. The van der Waals surface area contributed by atoms with E-state index in [-0.39, 0.29) is 17.8 Å². The number of rotatable bonds is 4. The van der Waals surface area contributed by atoms with Crippen molar-refractivity contribution in [1.29, 1.82) is 0 Å². The minimum absolute atomic E-state index is 0.0413. The molecule has 0 unspecified atom stereocenters. The third-order valence-corrected chi connectivity index (χ3v) is 3.67. The highest BCUT2D eigenvalue weighted by Gasteiger charge is 2.14. The molecule has 2 aromatic heterocycles. The van der Waals surface area contributed by atoms with Crippen LogP contribution in [0.2, 0.25) is 0 Å². The Labute approximate surface area is 130 Å². The summed E-state index contributed by atoms with van der Waals surface area (Å²) in [6.07, 6.45) is 3.75. The van der Waals surface area contributed by atoms with Crippen LogP contribution in [0.1, 0.15) is 10.4 Å². The summed E-state index contributed by atoms with van der Waals surface area (Å²) in [5.74, 6) is -0.0440. The molecule has 2 heterocycles. The lowest BCUT2D eigenvalue weighted by molar-refractivity contribution is 0.102. The number of aryl methyl sites for hydroxylation is 1. The van der Waals surface area contributed by atoms with Gasteiger partial charge < -0.3 is 4.42 Å². The number of anilines is 1. The third kappa shape index (κ3) is 3.01. The largest absolute Gasteiger partial charge is 0.401 e. The molecular weight excluding hydrogens is 302 g/mol. The second kappa shape index (κ2) is 6.02. The van der Waals surface area contributed by atoms with Gasteiger partial charge in [0.25, 0.3) is 11.8 Å². The van der Waals surface area contributed by atoms with Gasteiger partial charge in [-0.05, 0) is 36.6 Å². The second-order valence-corrected chi connectivity index (χ2v) is 5.35. The zero-order valence-corrected chi connectivity index (χ0v) is 12.8. The quantitative estimate of drug-likeness (QED) is 0.744. The second-order valence-electron chi connectivity index (χ2n) is 4.47. The first kappa shape index (κ1) is 14.3. The molecule has 0 radical (unpaired) electrons. The van der Waals surface area contributed by atoms with Crippen molar-refractivity contribution in [3.8, 4) is 11.6 Å². The highest BCUT2D eigenvalue weighted by atomic mass is 32.2. The van der Waals surface area contributed by atoms with Crippen LogP contribution in [0.25, 0.3) is 11.6 Å². The van der Waals surface area contributed by atoms with Crippen molar-refractivity contribution >= 4 is 23.7 Å². The number of aromatic nitrogens is 4. The van der Waals surface area contributed by atoms with Gasteiger partial charge in [-0.1, -0.05) is 5.10 Å². The molecule has 0 saturated heterocycles. The average molecular weight is 315 g/mol. The van der Waals surface area contributed by atoms with Gasteiger partial charge in [0.15, 0.2) is 0 Å². The monoisotopic (exact) mass is 315 g/mol. The summed E-state index contributed by atoms with van der Waals surface area (Å²) in [6, 6.07) is 9.05. The van der Waals surface area contributed by atoms with Crippen LogP contribution >= 0.6 is 11.8 Å². The molecule has 3 aromatic rings. The molecule has 22 heavy (non-hydrogen) atoms. The maximum atomic E-state index is 12.1. The zero-order valence-electron chi connectivity index (χ0n) is 12.0. The number of nitrogens with zero attached hydrogens (tertiary/aromatic N) is 4. The minimum Gasteiger partial charge on any atom is -0.401 e. The first-order chi connectivity index (χ1) is 10.7. The maximum Gasteiger partial charge on any atom is 0.322 e. The van der Waals surface area contributed by atoms with Crippen LogP contribution in [-0.2, 0) is 7.05 Å². The fourth-order valence-corrected chi connectivity index (χ4v) is 2.23. The zero-order chi connectivity index (χ0) is 15.5. The molecule has 8 heteroatoms. The Morgan fingerprint density at radius 3 is 2.64 bits per heavy atom. The Bertz CT molecular complexity index is 794. The number of carbonyl (C=O) groups excluding carboxylic acids is 1. The predicted molar refractivity (Wildman–Crippen MR) is 82.7 cm³/mol. The van der Waals surface area contributed by atoms with Crippen molar-refractivity contribution in [1.82, 2.24) is 20.0 Å². The van der Waals surface area contributed by atoms with Crippen molar-refractivity contribution in [2.45, 2.75) is 4.90 Å². The van der Waals surface area contributed by atoms with Gasteiger partial charge in [0, 0.05) is 23.7 Å². The van der Waals surface area contributed by atoms with Crippen LogP contribution in [0.3, 0.4) is 0 Å². The summed E-state index contributed by atoms with van der Waals surface area (Å²) in [5.41, 5.74) is 1.08. The lowest BCUT2D eigenvalue weighted by Crippen LogP contribution is -2.11. The molecule has 1 amide bonds. The number of benzene rings is 1. The van der Waals surface area contributed by atoms with Crippen LogP contribution in [-0.4, -0.2) is 32.1 Å². The van der Waals surface area contributed by atoms with Crippen LogP contribution in [0, 0.1) is 0 Å². The summed E-state index contributed by atoms with van der Waals surface area (Å²) in [6.45, 7) is 0. The van der Waals surface area contributed by atoms with Crippen molar-refractivity contribution in [2.24, 2.45) is 7.05 Å². The molecule has 0 bridgehead atoms. The van der Waals surface area contributed by atoms with Crippen LogP contribution in [0.15, 0.2) is 45.8 Å². The fourth-order valence-electron chi connectivity index (χ4n) is 1.82. The molecule has 0 fully saturated rings. The Hall–Kier alpha value is -2.61. The van der Waals surface area contributed by atoms with E-state index in [9.17, 15) is 4.79 Å². The Balaban J connectivity index is 1.72. The molecule has 7 nitrogen and oxygen atoms in total. The molecule has 0 aliphatic heterocycles. The SMILES string of the molecule is CSc1ccc(C(=O)Nc2nnc(-c3ccn(C)n3)o2)cc1. The standard InChI is InChI=1S/C14H13N5O2S/c1-19-8-7-11(18-19)13-16-17-14(21-13)15-12(20)9-3-5-10(22-2)6-4-9/h3-8H,1-2H3,(H,15,17,20). The average Bonchev–Trinajstić information content (AvgIpc) is 3.16. The van der Waals surface area contributed by atoms with Gasteiger partial charge in [0.2, 0.25) is 0 Å². The van der Waals surface area contributed by atoms with Crippen molar-refractivity contribution < 1.29 is 9.21 Å². The number of nitrogens with one attached hydrogen (secondary N) is 1. The Morgan fingerprint density at radius 2 is 2.00 bits per heavy atom. The van der Waals surface area contributed by atoms with Gasteiger partial charge in [-0.25, -0.2) is 0 Å². The Morgan fingerprint density at radius 1 is 1.23 bits per heavy atom. The number of hydrogen-bond acceptors (Lipinski definition) is 6. The van der Waals surface area contributed by atoms with Crippen molar-refractivity contribution in [2.75, 3.05) is 11.6 Å². The predicted octanol–water partition coefficient (Wildman–Crippen LogP) is 2.44. The molecule has 1 N–H and O–H groups in total. The highest BCUT2D eigenvalue weighted by molar-refractivity contribution is 7.98. The first-order valence-corrected chi connectivity index (χ1v) is 7.67. The van der Waals surface area contributed by atoms with E-state index in [0.717, 1.165) is 4.90 Å². The summed E-state index contributed by atoms with van der Waals surface area (Å²) in [5, 5.41) is 14.4. The van der Waals surface area contributed by atoms with E-state index in [1.54, 1.807) is 47.9 Å². The first-order valence-electron chi connectivity index (χ1n) is 6.44. The van der Waals surface area contributed by atoms with Gasteiger partial charge in [0.1, 0.15) is 5.69 Å². The van der Waals surface area contributed by atoms with Gasteiger partial charge in [-0.15, -0.1) is 16.9 Å². The summed E-state index contributed by atoms with van der Waals surface area (Å²) in [7, 11) is 1.79. The van der Waals surface area contributed by atoms with Crippen LogP contribution in [0.4, 0.5) is 6.01 Å². The van der Waals surface area contributed by atoms with Gasteiger partial charge in [0.05, 0.1) is 0 Å². The molecule has 0 aliphatic carbocycles. The number of hydrogen-bond donors (Lipinski definition) is 1. The molecule has 0 aliphatic rings. The molecule has 0 spiro atoms. The topological polar surface area (TPSA) is 85.8 Å². The van der Waals surface area contributed by atoms with E-state index in [1.165, 1.54) is 0 Å². The summed E-state index contributed by atoms with van der Waals surface area (Å²) in [4.78, 5) is 13.2. The third-order valence-electron chi connectivity index (χ3n) is 2.93. The summed E-state index contributed by atoms with van der Waals surface area (Å²) >= 11 is 1.61. The molecule has 0 saturated carbocycles. The van der Waals surface area contributed by atoms with Gasteiger partial charge >= 0.3 is 6.01 Å². The number of carbonyl (C=O) groups is 1. The van der Waals surface area contributed by atoms with E-state index in [0.29, 0.717) is 11.3 Å². The van der Waals surface area contributed by atoms with E-state index >= 15 is 0 Å². The molecular formula is C14H13N5O2S. The normalized spacial score (nSPS) is 10.6. The molecule has 1 aromatic carbocycles. The van der Waals surface area contributed by atoms with E-state index < -0.39 is 0 Å².